The first kappa shape index (κ1) is 14.1. The lowest BCUT2D eigenvalue weighted by Gasteiger charge is -2.17. The minimum absolute atomic E-state index is 0.0120. The van der Waals surface area contributed by atoms with Crippen molar-refractivity contribution in [1.82, 2.24) is 5.32 Å². The van der Waals surface area contributed by atoms with Gasteiger partial charge in [-0.1, -0.05) is 15.9 Å². The highest BCUT2D eigenvalue weighted by Gasteiger charge is 2.34. The van der Waals surface area contributed by atoms with Gasteiger partial charge in [-0.05, 0) is 37.6 Å². The molecule has 0 spiro atoms. The topological polar surface area (TPSA) is 49.4 Å². The molecule has 1 saturated heterocycles. The molecule has 2 amide bonds. The Morgan fingerprint density at radius 2 is 2.26 bits per heavy atom. The summed E-state index contributed by atoms with van der Waals surface area (Å²) in [6.45, 7) is 4.92. The molecule has 1 heterocycles. The predicted molar refractivity (Wildman–Crippen MR) is 78.0 cm³/mol. The maximum atomic E-state index is 12.0. The quantitative estimate of drug-likeness (QED) is 0.927. The standard InChI is InChI=1S/C14H17BrN2O2/c1-3-16-14(19)10-7-13(18)17(8-10)11-4-5-12(15)9(2)6-11/h4-6,10H,3,7-8H2,1-2H3,(H,16,19). The van der Waals surface area contributed by atoms with Crippen LogP contribution in [0.3, 0.4) is 0 Å². The van der Waals surface area contributed by atoms with Crippen LogP contribution in [0.4, 0.5) is 5.69 Å². The van der Waals surface area contributed by atoms with Crippen LogP contribution >= 0.6 is 15.9 Å². The Labute approximate surface area is 121 Å². The molecule has 5 heteroatoms. The minimum Gasteiger partial charge on any atom is -0.356 e. The monoisotopic (exact) mass is 324 g/mol. The molecule has 2 rings (SSSR count). The van der Waals surface area contributed by atoms with E-state index in [0.29, 0.717) is 19.5 Å². The van der Waals surface area contributed by atoms with E-state index in [-0.39, 0.29) is 17.7 Å². The Morgan fingerprint density at radius 3 is 2.89 bits per heavy atom. The molecule has 4 nitrogen and oxygen atoms in total. The van der Waals surface area contributed by atoms with Gasteiger partial charge in [-0.25, -0.2) is 0 Å². The smallest absolute Gasteiger partial charge is 0.227 e. The lowest BCUT2D eigenvalue weighted by atomic mass is 10.1. The third-order valence-corrected chi connectivity index (χ3v) is 4.19. The average Bonchev–Trinajstić information content (AvgIpc) is 2.75. The van der Waals surface area contributed by atoms with E-state index >= 15 is 0 Å². The van der Waals surface area contributed by atoms with Crippen molar-refractivity contribution in [2.24, 2.45) is 5.92 Å². The van der Waals surface area contributed by atoms with Gasteiger partial charge in [0.05, 0.1) is 5.92 Å². The number of carbonyl (C=O) groups is 2. The molecule has 0 radical (unpaired) electrons. The van der Waals surface area contributed by atoms with Crippen LogP contribution in [0.15, 0.2) is 22.7 Å². The Balaban J connectivity index is 2.15. The molecule has 1 atom stereocenters. The number of hydrogen-bond acceptors (Lipinski definition) is 2. The predicted octanol–water partition coefficient (Wildman–Crippen LogP) is 2.25. The second kappa shape index (κ2) is 5.74. The van der Waals surface area contributed by atoms with Gasteiger partial charge in [0, 0.05) is 29.7 Å². The number of amides is 2. The van der Waals surface area contributed by atoms with Gasteiger partial charge in [-0.15, -0.1) is 0 Å². The first-order valence-corrected chi connectivity index (χ1v) is 7.16. The molecule has 0 bridgehead atoms. The van der Waals surface area contributed by atoms with Crippen LogP contribution < -0.4 is 10.2 Å². The number of carbonyl (C=O) groups excluding carboxylic acids is 2. The Bertz CT molecular complexity index is 516. The van der Waals surface area contributed by atoms with Gasteiger partial charge in [0.25, 0.3) is 0 Å². The minimum atomic E-state index is -0.239. The fraction of sp³-hybridized carbons (Fsp3) is 0.429. The highest BCUT2D eigenvalue weighted by molar-refractivity contribution is 9.10. The fourth-order valence-corrected chi connectivity index (χ4v) is 2.49. The second-order valence-electron chi connectivity index (χ2n) is 4.73. The third kappa shape index (κ3) is 2.97. The molecule has 19 heavy (non-hydrogen) atoms. The molecule has 0 aliphatic carbocycles. The Morgan fingerprint density at radius 1 is 1.53 bits per heavy atom. The summed E-state index contributed by atoms with van der Waals surface area (Å²) in [5.41, 5.74) is 1.93. The number of nitrogens with zero attached hydrogens (tertiary/aromatic N) is 1. The van der Waals surface area contributed by atoms with Crippen LogP contribution in [-0.4, -0.2) is 24.9 Å². The van der Waals surface area contributed by atoms with Crippen molar-refractivity contribution < 1.29 is 9.59 Å². The van der Waals surface area contributed by atoms with Crippen LogP contribution in [0.25, 0.3) is 0 Å². The van der Waals surface area contributed by atoms with Gasteiger partial charge in [0.1, 0.15) is 0 Å². The third-order valence-electron chi connectivity index (χ3n) is 3.30. The number of benzene rings is 1. The number of hydrogen-bond donors (Lipinski definition) is 1. The number of anilines is 1. The molecule has 1 fully saturated rings. The van der Waals surface area contributed by atoms with E-state index in [1.165, 1.54) is 0 Å². The average molecular weight is 325 g/mol. The van der Waals surface area contributed by atoms with Crippen LogP contribution in [0.5, 0.6) is 0 Å². The van der Waals surface area contributed by atoms with Gasteiger partial charge in [0.2, 0.25) is 11.8 Å². The lowest BCUT2D eigenvalue weighted by Crippen LogP contribution is -2.32. The van der Waals surface area contributed by atoms with E-state index in [1.54, 1.807) is 4.90 Å². The van der Waals surface area contributed by atoms with E-state index in [2.05, 4.69) is 21.2 Å². The molecular formula is C14H17BrN2O2. The van der Waals surface area contributed by atoms with Crippen LogP contribution in [-0.2, 0) is 9.59 Å². The van der Waals surface area contributed by atoms with Gasteiger partial charge in [-0.2, -0.15) is 0 Å². The number of aryl methyl sites for hydroxylation is 1. The van der Waals surface area contributed by atoms with E-state index in [1.807, 2.05) is 32.0 Å². The molecule has 102 valence electrons. The Hall–Kier alpha value is -1.36. The van der Waals surface area contributed by atoms with Crippen molar-refractivity contribution in [2.45, 2.75) is 20.3 Å². The zero-order valence-corrected chi connectivity index (χ0v) is 12.7. The van der Waals surface area contributed by atoms with E-state index in [4.69, 9.17) is 0 Å². The molecule has 0 saturated carbocycles. The van der Waals surface area contributed by atoms with Crippen LogP contribution in [0.1, 0.15) is 18.9 Å². The summed E-state index contributed by atoms with van der Waals surface area (Å²) in [5, 5.41) is 2.78. The Kier molecular flexibility index (Phi) is 4.24. The molecule has 1 aliphatic heterocycles. The second-order valence-corrected chi connectivity index (χ2v) is 5.59. The fourth-order valence-electron chi connectivity index (χ4n) is 2.25. The van der Waals surface area contributed by atoms with Crippen molar-refractivity contribution in [3.63, 3.8) is 0 Å². The summed E-state index contributed by atoms with van der Waals surface area (Å²) in [7, 11) is 0. The summed E-state index contributed by atoms with van der Waals surface area (Å²) in [5.74, 6) is -0.262. The van der Waals surface area contributed by atoms with E-state index < -0.39 is 0 Å². The maximum Gasteiger partial charge on any atom is 0.227 e. The van der Waals surface area contributed by atoms with Gasteiger partial charge < -0.3 is 10.2 Å². The molecule has 1 aliphatic rings. The van der Waals surface area contributed by atoms with Crippen LogP contribution in [0.2, 0.25) is 0 Å². The summed E-state index contributed by atoms with van der Waals surface area (Å²) in [6, 6.07) is 5.79. The first-order valence-electron chi connectivity index (χ1n) is 6.37. The summed E-state index contributed by atoms with van der Waals surface area (Å²) >= 11 is 3.44. The van der Waals surface area contributed by atoms with E-state index in [9.17, 15) is 9.59 Å². The van der Waals surface area contributed by atoms with Crippen molar-refractivity contribution in [2.75, 3.05) is 18.0 Å². The molecule has 1 N–H and O–H groups in total. The van der Waals surface area contributed by atoms with Crippen LogP contribution in [0, 0.1) is 12.8 Å². The number of halogens is 1. The first-order chi connectivity index (χ1) is 9.02. The highest BCUT2D eigenvalue weighted by Crippen LogP contribution is 2.28. The molecule has 1 aromatic carbocycles. The summed E-state index contributed by atoms with van der Waals surface area (Å²) in [6.07, 6.45) is 0.293. The highest BCUT2D eigenvalue weighted by atomic mass is 79.9. The zero-order chi connectivity index (χ0) is 14.0. The lowest BCUT2D eigenvalue weighted by molar-refractivity contribution is -0.126. The van der Waals surface area contributed by atoms with Crippen molar-refractivity contribution in [1.29, 1.82) is 0 Å². The summed E-state index contributed by atoms with van der Waals surface area (Å²) < 4.78 is 1.02. The largest absolute Gasteiger partial charge is 0.356 e. The SMILES string of the molecule is CCNC(=O)C1CC(=O)N(c2ccc(Br)c(C)c2)C1. The molecule has 0 aromatic heterocycles. The molecule has 1 unspecified atom stereocenters. The van der Waals surface area contributed by atoms with Gasteiger partial charge in [0.15, 0.2) is 0 Å². The maximum absolute atomic E-state index is 12.0. The number of rotatable bonds is 3. The van der Waals surface area contributed by atoms with Gasteiger partial charge >= 0.3 is 0 Å². The van der Waals surface area contributed by atoms with Gasteiger partial charge in [-0.3, -0.25) is 9.59 Å². The summed E-state index contributed by atoms with van der Waals surface area (Å²) in [4.78, 5) is 25.5. The normalized spacial score (nSPS) is 18.8. The zero-order valence-electron chi connectivity index (χ0n) is 11.1. The molecular weight excluding hydrogens is 308 g/mol. The van der Waals surface area contributed by atoms with Crippen molar-refractivity contribution in [3.05, 3.63) is 28.2 Å². The number of nitrogens with one attached hydrogen (secondary N) is 1. The molecule has 1 aromatic rings. The van der Waals surface area contributed by atoms with E-state index in [0.717, 1.165) is 15.7 Å². The van der Waals surface area contributed by atoms with Crippen molar-refractivity contribution in [3.8, 4) is 0 Å². The van der Waals surface area contributed by atoms with Crippen molar-refractivity contribution >= 4 is 33.4 Å².